The minimum atomic E-state index is -0.493. The van der Waals surface area contributed by atoms with E-state index in [1.54, 1.807) is 17.8 Å². The van der Waals surface area contributed by atoms with Gasteiger partial charge in [-0.1, -0.05) is 5.92 Å². The third-order valence-electron chi connectivity index (χ3n) is 1.70. The summed E-state index contributed by atoms with van der Waals surface area (Å²) in [6.07, 6.45) is 2.03. The van der Waals surface area contributed by atoms with Gasteiger partial charge >= 0.3 is 5.97 Å². The molecule has 0 aliphatic carbocycles. The Labute approximate surface area is 87.7 Å². The van der Waals surface area contributed by atoms with Gasteiger partial charge in [0.05, 0.1) is 13.7 Å². The molecule has 1 aromatic heterocycles. The number of hydrogen-bond acceptors (Lipinski definition) is 4. The molecule has 0 saturated carbocycles. The molecule has 1 N–H and O–H groups in total. The molecule has 5 heteroatoms. The highest BCUT2D eigenvalue weighted by atomic mass is 16.5. The zero-order valence-electron chi connectivity index (χ0n) is 8.65. The molecular formula is C10H12N2O3. The van der Waals surface area contributed by atoms with Crippen LogP contribution in [-0.4, -0.2) is 34.3 Å². The van der Waals surface area contributed by atoms with Gasteiger partial charge < -0.3 is 14.4 Å². The van der Waals surface area contributed by atoms with Crippen LogP contribution in [0.15, 0.2) is 6.20 Å². The average molecular weight is 208 g/mol. The van der Waals surface area contributed by atoms with Crippen LogP contribution in [0.2, 0.25) is 0 Å². The lowest BCUT2D eigenvalue weighted by molar-refractivity contribution is 0.0582. The first-order valence-corrected chi connectivity index (χ1v) is 4.40. The molecule has 1 heterocycles. The molecule has 1 aromatic rings. The van der Waals surface area contributed by atoms with Crippen molar-refractivity contribution in [2.75, 3.05) is 13.7 Å². The Morgan fingerprint density at radius 1 is 1.73 bits per heavy atom. The van der Waals surface area contributed by atoms with Gasteiger partial charge in [-0.05, 0) is 5.92 Å². The Balaban J connectivity index is 2.87. The quantitative estimate of drug-likeness (QED) is 0.546. The van der Waals surface area contributed by atoms with Gasteiger partial charge in [-0.25, -0.2) is 9.78 Å². The van der Waals surface area contributed by atoms with E-state index in [4.69, 9.17) is 5.11 Å². The summed E-state index contributed by atoms with van der Waals surface area (Å²) < 4.78 is 6.10. The molecule has 15 heavy (non-hydrogen) atoms. The Hall–Kier alpha value is -1.80. The molecule has 0 aliphatic rings. The fourth-order valence-corrected chi connectivity index (χ4v) is 1.02. The summed E-state index contributed by atoms with van der Waals surface area (Å²) >= 11 is 0. The number of aliphatic hydroxyl groups excluding tert-OH is 1. The standard InChI is InChI=1S/C10H12N2O3/c1-12-7-8(5-3-4-6-13)11-9(12)10(14)15-2/h7,13H,4,6H2,1-2H3. The zero-order chi connectivity index (χ0) is 11.3. The van der Waals surface area contributed by atoms with Crippen LogP contribution in [0.1, 0.15) is 22.7 Å². The number of nitrogens with zero attached hydrogens (tertiary/aromatic N) is 2. The summed E-state index contributed by atoms with van der Waals surface area (Å²) in [7, 11) is 2.99. The number of hydrogen-bond donors (Lipinski definition) is 1. The highest BCUT2D eigenvalue weighted by Gasteiger charge is 2.12. The van der Waals surface area contributed by atoms with Crippen molar-refractivity contribution < 1.29 is 14.6 Å². The molecule has 0 bridgehead atoms. The monoisotopic (exact) mass is 208 g/mol. The van der Waals surface area contributed by atoms with Gasteiger partial charge in [0.2, 0.25) is 5.82 Å². The van der Waals surface area contributed by atoms with Crippen molar-refractivity contribution in [2.45, 2.75) is 6.42 Å². The third-order valence-corrected chi connectivity index (χ3v) is 1.70. The van der Waals surface area contributed by atoms with Gasteiger partial charge in [0.25, 0.3) is 0 Å². The van der Waals surface area contributed by atoms with Crippen LogP contribution in [-0.2, 0) is 11.8 Å². The Kier molecular flexibility index (Phi) is 3.89. The molecule has 0 aliphatic heterocycles. The summed E-state index contributed by atoms with van der Waals surface area (Å²) in [5.41, 5.74) is 0.492. The lowest BCUT2D eigenvalue weighted by Crippen LogP contribution is -2.08. The van der Waals surface area contributed by atoms with E-state index in [1.807, 2.05) is 0 Å². The molecule has 0 amide bonds. The largest absolute Gasteiger partial charge is 0.463 e. The number of carbonyl (C=O) groups is 1. The summed E-state index contributed by atoms with van der Waals surface area (Å²) in [5, 5.41) is 8.53. The SMILES string of the molecule is COC(=O)c1nc(C#CCCO)cn1C. The van der Waals surface area contributed by atoms with Crippen LogP contribution >= 0.6 is 0 Å². The lowest BCUT2D eigenvalue weighted by Gasteiger charge is -1.96. The molecule has 80 valence electrons. The van der Waals surface area contributed by atoms with Gasteiger partial charge in [-0.15, -0.1) is 0 Å². The number of methoxy groups -OCH3 is 1. The first-order chi connectivity index (χ1) is 7.19. The van der Waals surface area contributed by atoms with Crippen molar-refractivity contribution in [3.63, 3.8) is 0 Å². The fraction of sp³-hybridized carbons (Fsp3) is 0.400. The maximum Gasteiger partial charge on any atom is 0.374 e. The van der Waals surface area contributed by atoms with Crippen molar-refractivity contribution in [1.82, 2.24) is 9.55 Å². The second-order valence-electron chi connectivity index (χ2n) is 2.83. The predicted octanol–water partition coefficient (Wildman–Crippen LogP) is -0.0594. The molecule has 1 rings (SSSR count). The Morgan fingerprint density at radius 2 is 2.47 bits per heavy atom. The van der Waals surface area contributed by atoms with Crippen molar-refractivity contribution in [2.24, 2.45) is 7.05 Å². The normalized spacial score (nSPS) is 9.27. The Morgan fingerprint density at radius 3 is 3.07 bits per heavy atom. The van der Waals surface area contributed by atoms with Gasteiger partial charge in [0, 0.05) is 19.7 Å². The molecule has 0 unspecified atom stereocenters. The number of aliphatic hydroxyl groups is 1. The number of aryl methyl sites for hydroxylation is 1. The lowest BCUT2D eigenvalue weighted by atomic mass is 10.4. The van der Waals surface area contributed by atoms with Crippen molar-refractivity contribution in [3.05, 3.63) is 17.7 Å². The first-order valence-electron chi connectivity index (χ1n) is 4.40. The van der Waals surface area contributed by atoms with Crippen LogP contribution < -0.4 is 0 Å². The van der Waals surface area contributed by atoms with E-state index in [2.05, 4.69) is 21.6 Å². The second kappa shape index (κ2) is 5.17. The summed E-state index contributed by atoms with van der Waals surface area (Å²) in [6.45, 7) is 0.0176. The molecule has 0 fully saturated rings. The highest BCUT2D eigenvalue weighted by molar-refractivity contribution is 5.85. The number of esters is 1. The topological polar surface area (TPSA) is 64.3 Å². The van der Waals surface area contributed by atoms with E-state index < -0.39 is 5.97 Å². The van der Waals surface area contributed by atoms with E-state index >= 15 is 0 Å². The molecule has 5 nitrogen and oxygen atoms in total. The first kappa shape index (κ1) is 11.3. The van der Waals surface area contributed by atoms with Gasteiger partial charge in [-0.2, -0.15) is 0 Å². The van der Waals surface area contributed by atoms with Gasteiger partial charge in [-0.3, -0.25) is 0 Å². The van der Waals surface area contributed by atoms with Crippen molar-refractivity contribution in [1.29, 1.82) is 0 Å². The number of imidazole rings is 1. The second-order valence-corrected chi connectivity index (χ2v) is 2.83. The van der Waals surface area contributed by atoms with E-state index in [1.165, 1.54) is 7.11 Å². The summed E-state index contributed by atoms with van der Waals surface area (Å²) in [5.74, 6) is 5.18. The number of ether oxygens (including phenoxy) is 1. The molecule has 0 atom stereocenters. The number of aromatic nitrogens is 2. The zero-order valence-corrected chi connectivity index (χ0v) is 8.65. The third kappa shape index (κ3) is 2.82. The van der Waals surface area contributed by atoms with Crippen LogP contribution in [0.4, 0.5) is 0 Å². The van der Waals surface area contributed by atoms with Gasteiger partial charge in [0.1, 0.15) is 5.69 Å². The van der Waals surface area contributed by atoms with Crippen LogP contribution in [0, 0.1) is 11.8 Å². The highest BCUT2D eigenvalue weighted by Crippen LogP contribution is 2.01. The minimum absolute atomic E-state index is 0.0176. The molecule has 0 spiro atoms. The van der Waals surface area contributed by atoms with E-state index in [9.17, 15) is 4.79 Å². The van der Waals surface area contributed by atoms with Crippen molar-refractivity contribution in [3.8, 4) is 11.8 Å². The molecule has 0 radical (unpaired) electrons. The molecular weight excluding hydrogens is 196 g/mol. The number of carbonyl (C=O) groups excluding carboxylic acids is 1. The maximum absolute atomic E-state index is 11.2. The van der Waals surface area contributed by atoms with Crippen LogP contribution in [0.5, 0.6) is 0 Å². The predicted molar refractivity (Wildman–Crippen MR) is 53.1 cm³/mol. The fourth-order valence-electron chi connectivity index (χ4n) is 1.02. The summed E-state index contributed by atoms with van der Waals surface area (Å²) in [6, 6.07) is 0. The van der Waals surface area contributed by atoms with E-state index in [0.29, 0.717) is 12.1 Å². The smallest absolute Gasteiger partial charge is 0.374 e. The van der Waals surface area contributed by atoms with Gasteiger partial charge in [0.15, 0.2) is 0 Å². The maximum atomic E-state index is 11.2. The number of rotatable bonds is 2. The van der Waals surface area contributed by atoms with E-state index in [-0.39, 0.29) is 12.4 Å². The average Bonchev–Trinajstić information content (AvgIpc) is 2.59. The minimum Gasteiger partial charge on any atom is -0.463 e. The van der Waals surface area contributed by atoms with E-state index in [0.717, 1.165) is 0 Å². The Bertz CT molecular complexity index is 412. The molecule has 0 saturated heterocycles. The van der Waals surface area contributed by atoms with Crippen LogP contribution in [0.25, 0.3) is 0 Å². The van der Waals surface area contributed by atoms with Crippen LogP contribution in [0.3, 0.4) is 0 Å². The van der Waals surface area contributed by atoms with Crippen molar-refractivity contribution >= 4 is 5.97 Å². The molecule has 0 aromatic carbocycles. The summed E-state index contributed by atoms with van der Waals surface area (Å²) in [4.78, 5) is 15.2.